The molecule has 0 radical (unpaired) electrons. The number of hydrogen-bond donors (Lipinski definition) is 0. The van der Waals surface area contributed by atoms with Crippen molar-refractivity contribution in [3.63, 3.8) is 0 Å². The minimum atomic E-state index is -0.0166. The van der Waals surface area contributed by atoms with Crippen LogP contribution in [0.1, 0.15) is 28.4 Å². The summed E-state index contributed by atoms with van der Waals surface area (Å²) in [5.74, 6) is 0.535. The Bertz CT molecular complexity index is 830. The molecule has 3 heterocycles. The van der Waals surface area contributed by atoms with Crippen molar-refractivity contribution in [3.05, 3.63) is 69.1 Å². The van der Waals surface area contributed by atoms with Crippen LogP contribution in [0.5, 0.6) is 0 Å². The van der Waals surface area contributed by atoms with Gasteiger partial charge in [-0.2, -0.15) is 0 Å². The maximum absolute atomic E-state index is 12.8. The summed E-state index contributed by atoms with van der Waals surface area (Å²) < 4.78 is 1.87. The van der Waals surface area contributed by atoms with E-state index >= 15 is 0 Å². The molecule has 4 rings (SSSR count). The number of rotatable bonds is 1. The molecule has 0 aliphatic carbocycles. The Morgan fingerprint density at radius 3 is 2.70 bits per heavy atom. The first kappa shape index (κ1) is 14.5. The van der Waals surface area contributed by atoms with Crippen LogP contribution in [0.4, 0.5) is 0 Å². The van der Waals surface area contributed by atoms with E-state index in [0.717, 1.165) is 12.1 Å². The molecule has 4 nitrogen and oxygen atoms in total. The molecule has 2 atom stereocenters. The maximum Gasteiger partial charge on any atom is 0.255 e. The van der Waals surface area contributed by atoms with Gasteiger partial charge >= 0.3 is 0 Å². The number of aromatic nitrogens is 1. The third kappa shape index (κ3) is 2.47. The Balaban J connectivity index is 1.65. The fraction of sp³-hybridized carbons (Fsp3) is 0.333. The molecule has 1 saturated heterocycles. The molecule has 1 unspecified atom stereocenters. The van der Waals surface area contributed by atoms with Gasteiger partial charge in [0.05, 0.1) is 10.6 Å². The summed E-state index contributed by atoms with van der Waals surface area (Å²) in [6.45, 7) is 2.02. The highest BCUT2D eigenvalue weighted by atomic mass is 35.5. The van der Waals surface area contributed by atoms with E-state index in [-0.39, 0.29) is 17.4 Å². The fourth-order valence-electron chi connectivity index (χ4n) is 3.87. The molecule has 23 heavy (non-hydrogen) atoms. The van der Waals surface area contributed by atoms with Crippen LogP contribution in [-0.4, -0.2) is 28.5 Å². The second-order valence-electron chi connectivity index (χ2n) is 6.39. The minimum Gasteiger partial charge on any atom is -0.338 e. The van der Waals surface area contributed by atoms with Crippen LogP contribution in [0.3, 0.4) is 0 Å². The zero-order chi connectivity index (χ0) is 16.0. The predicted molar refractivity (Wildman–Crippen MR) is 88.9 cm³/mol. The second kappa shape index (κ2) is 5.53. The molecular formula is C18H17ClN2O2. The SMILES string of the molecule is O=C(c1ccccc1Cl)N1CC2C[C@@H](C1)c1cccc(=O)n1C2. The highest BCUT2D eigenvalue weighted by Crippen LogP contribution is 2.35. The Morgan fingerprint density at radius 1 is 1.04 bits per heavy atom. The number of amides is 1. The van der Waals surface area contributed by atoms with E-state index in [9.17, 15) is 9.59 Å². The standard InChI is InChI=1S/C18H17ClN2O2/c19-15-5-2-1-4-14(15)18(23)20-9-12-8-13(11-20)16-6-3-7-17(22)21(16)10-12/h1-7,12-13H,8-11H2/t12?,13-/m0/s1. The number of benzene rings is 1. The molecule has 1 aromatic heterocycles. The summed E-state index contributed by atoms with van der Waals surface area (Å²) in [6, 6.07) is 12.6. The van der Waals surface area contributed by atoms with Gasteiger partial charge in [-0.25, -0.2) is 0 Å². The lowest BCUT2D eigenvalue weighted by Gasteiger charge is -2.42. The Hall–Kier alpha value is -2.07. The van der Waals surface area contributed by atoms with Crippen molar-refractivity contribution >= 4 is 17.5 Å². The summed E-state index contributed by atoms with van der Waals surface area (Å²) in [5, 5.41) is 0.491. The summed E-state index contributed by atoms with van der Waals surface area (Å²) >= 11 is 6.17. The van der Waals surface area contributed by atoms with E-state index in [1.807, 2.05) is 33.7 Å². The smallest absolute Gasteiger partial charge is 0.255 e. The number of pyridine rings is 1. The molecule has 1 fully saturated rings. The van der Waals surface area contributed by atoms with Crippen molar-refractivity contribution in [1.29, 1.82) is 0 Å². The van der Waals surface area contributed by atoms with E-state index in [0.29, 0.717) is 36.1 Å². The van der Waals surface area contributed by atoms with Gasteiger partial charge in [0.15, 0.2) is 0 Å². The molecule has 5 heteroatoms. The van der Waals surface area contributed by atoms with Gasteiger partial charge in [-0.3, -0.25) is 9.59 Å². The van der Waals surface area contributed by atoms with Gasteiger partial charge < -0.3 is 9.47 Å². The molecule has 2 aromatic rings. The van der Waals surface area contributed by atoms with Crippen molar-refractivity contribution in [2.45, 2.75) is 18.9 Å². The van der Waals surface area contributed by atoms with Crippen LogP contribution >= 0.6 is 11.6 Å². The Kier molecular flexibility index (Phi) is 3.49. The molecule has 2 bridgehead atoms. The summed E-state index contributed by atoms with van der Waals surface area (Å²) in [6.07, 6.45) is 1.04. The lowest BCUT2D eigenvalue weighted by atomic mass is 9.83. The highest BCUT2D eigenvalue weighted by molar-refractivity contribution is 6.33. The van der Waals surface area contributed by atoms with Crippen LogP contribution in [0.2, 0.25) is 5.02 Å². The third-order valence-electron chi connectivity index (χ3n) is 4.87. The van der Waals surface area contributed by atoms with Gasteiger partial charge in [0, 0.05) is 37.3 Å². The van der Waals surface area contributed by atoms with Crippen LogP contribution in [-0.2, 0) is 6.54 Å². The van der Waals surface area contributed by atoms with Gasteiger partial charge in [0.2, 0.25) is 0 Å². The number of piperidine rings is 1. The van der Waals surface area contributed by atoms with Gasteiger partial charge in [0.1, 0.15) is 0 Å². The average molecular weight is 329 g/mol. The van der Waals surface area contributed by atoms with Gasteiger partial charge in [-0.05, 0) is 30.5 Å². The Labute approximate surface area is 139 Å². The van der Waals surface area contributed by atoms with Crippen molar-refractivity contribution in [2.75, 3.05) is 13.1 Å². The van der Waals surface area contributed by atoms with Crippen molar-refractivity contribution in [2.24, 2.45) is 5.92 Å². The number of fused-ring (bicyclic) bond motifs is 4. The predicted octanol–water partition coefficient (Wildman–Crippen LogP) is 2.76. The van der Waals surface area contributed by atoms with Gasteiger partial charge in [-0.1, -0.05) is 29.8 Å². The minimum absolute atomic E-state index is 0.0166. The van der Waals surface area contributed by atoms with Crippen molar-refractivity contribution < 1.29 is 4.79 Å². The zero-order valence-electron chi connectivity index (χ0n) is 12.6. The van der Waals surface area contributed by atoms with E-state index in [1.165, 1.54) is 0 Å². The van der Waals surface area contributed by atoms with Crippen molar-refractivity contribution in [3.8, 4) is 0 Å². The number of likely N-dealkylation sites (tertiary alicyclic amines) is 1. The van der Waals surface area contributed by atoms with E-state index in [1.54, 1.807) is 18.2 Å². The first-order valence-corrected chi connectivity index (χ1v) is 8.25. The third-order valence-corrected chi connectivity index (χ3v) is 5.20. The van der Waals surface area contributed by atoms with Gasteiger partial charge in [0.25, 0.3) is 11.5 Å². The van der Waals surface area contributed by atoms with Crippen LogP contribution in [0, 0.1) is 5.92 Å². The number of nitrogens with zero attached hydrogens (tertiary/aromatic N) is 2. The fourth-order valence-corrected chi connectivity index (χ4v) is 4.08. The molecule has 2 aliphatic rings. The zero-order valence-corrected chi connectivity index (χ0v) is 13.4. The summed E-state index contributed by atoms with van der Waals surface area (Å²) in [4.78, 5) is 26.7. The lowest BCUT2D eigenvalue weighted by molar-refractivity contribution is 0.0595. The molecular weight excluding hydrogens is 312 g/mol. The summed E-state index contributed by atoms with van der Waals surface area (Å²) in [5.41, 5.74) is 1.66. The monoisotopic (exact) mass is 328 g/mol. The normalized spacial score (nSPS) is 22.6. The van der Waals surface area contributed by atoms with Crippen LogP contribution in [0.25, 0.3) is 0 Å². The summed E-state index contributed by atoms with van der Waals surface area (Å²) in [7, 11) is 0. The largest absolute Gasteiger partial charge is 0.338 e. The van der Waals surface area contributed by atoms with E-state index in [4.69, 9.17) is 11.6 Å². The lowest BCUT2D eigenvalue weighted by Crippen LogP contribution is -2.49. The van der Waals surface area contributed by atoms with Crippen molar-refractivity contribution in [1.82, 2.24) is 9.47 Å². The number of carbonyl (C=O) groups is 1. The molecule has 2 aliphatic heterocycles. The van der Waals surface area contributed by atoms with E-state index < -0.39 is 0 Å². The number of halogens is 1. The average Bonchev–Trinajstić information content (AvgIpc) is 2.55. The molecule has 1 aromatic carbocycles. The number of carbonyl (C=O) groups excluding carboxylic acids is 1. The Morgan fingerprint density at radius 2 is 1.87 bits per heavy atom. The van der Waals surface area contributed by atoms with Gasteiger partial charge in [-0.15, -0.1) is 0 Å². The number of hydrogen-bond acceptors (Lipinski definition) is 2. The maximum atomic E-state index is 12.8. The van der Waals surface area contributed by atoms with Crippen LogP contribution in [0.15, 0.2) is 47.3 Å². The first-order chi connectivity index (χ1) is 11.1. The van der Waals surface area contributed by atoms with E-state index in [2.05, 4.69) is 0 Å². The molecule has 0 spiro atoms. The topological polar surface area (TPSA) is 42.3 Å². The second-order valence-corrected chi connectivity index (χ2v) is 6.80. The van der Waals surface area contributed by atoms with Crippen LogP contribution < -0.4 is 5.56 Å². The molecule has 1 amide bonds. The molecule has 0 saturated carbocycles. The quantitative estimate of drug-likeness (QED) is 0.808. The molecule has 0 N–H and O–H groups in total. The first-order valence-electron chi connectivity index (χ1n) is 7.87. The molecule has 118 valence electrons. The highest BCUT2D eigenvalue weighted by Gasteiger charge is 2.36.